The molecule has 3 rings (SSSR count). The fourth-order valence-electron chi connectivity index (χ4n) is 3.83. The molecule has 2 aromatic carbocycles. The van der Waals surface area contributed by atoms with Crippen molar-refractivity contribution in [2.45, 2.75) is 18.7 Å². The van der Waals surface area contributed by atoms with Gasteiger partial charge in [0.25, 0.3) is 0 Å². The van der Waals surface area contributed by atoms with Crippen molar-refractivity contribution in [1.29, 1.82) is 5.26 Å². The first-order chi connectivity index (χ1) is 17.5. The van der Waals surface area contributed by atoms with E-state index < -0.39 is 64.7 Å². The standard InChI is InChI=1S/C24H18F5N3O5/c1-35-21(33)18-17(12-6-4-3-5-7-12)14(11-30)20(31)32(19(18)22(34)36-2)15-10-13(24(27,28)29)8-9-16(15)37-23(25)26/h3-10,17,23H,31H2,1-2H3. The summed E-state index contributed by atoms with van der Waals surface area (Å²) in [6, 6.07) is 11.1. The zero-order chi connectivity index (χ0) is 27.5. The number of halogens is 5. The Morgan fingerprint density at radius 1 is 1.05 bits per heavy atom. The van der Waals surface area contributed by atoms with Gasteiger partial charge in [0.2, 0.25) is 0 Å². The first-order valence-corrected chi connectivity index (χ1v) is 10.3. The van der Waals surface area contributed by atoms with Crippen LogP contribution in [0.2, 0.25) is 0 Å². The van der Waals surface area contributed by atoms with E-state index in [2.05, 4.69) is 4.74 Å². The van der Waals surface area contributed by atoms with Gasteiger partial charge >= 0.3 is 24.7 Å². The smallest absolute Gasteiger partial charge is 0.416 e. The number of benzene rings is 2. The molecule has 0 radical (unpaired) electrons. The van der Waals surface area contributed by atoms with E-state index in [1.54, 1.807) is 24.3 Å². The summed E-state index contributed by atoms with van der Waals surface area (Å²) >= 11 is 0. The van der Waals surface area contributed by atoms with Gasteiger partial charge in [0, 0.05) is 0 Å². The molecule has 13 heteroatoms. The Kier molecular flexibility index (Phi) is 7.71. The van der Waals surface area contributed by atoms with Crippen molar-refractivity contribution in [3.8, 4) is 11.8 Å². The largest absolute Gasteiger partial charge is 0.466 e. The van der Waals surface area contributed by atoms with E-state index >= 15 is 0 Å². The number of alkyl halides is 5. The van der Waals surface area contributed by atoms with Crippen LogP contribution in [0.25, 0.3) is 0 Å². The van der Waals surface area contributed by atoms with Crippen LogP contribution in [0.1, 0.15) is 17.0 Å². The normalized spacial score (nSPS) is 16.0. The Labute approximate surface area is 206 Å². The van der Waals surface area contributed by atoms with Crippen LogP contribution >= 0.6 is 0 Å². The van der Waals surface area contributed by atoms with Crippen LogP contribution in [-0.2, 0) is 25.2 Å². The van der Waals surface area contributed by atoms with Crippen molar-refractivity contribution in [2.75, 3.05) is 19.1 Å². The van der Waals surface area contributed by atoms with Gasteiger partial charge in [0.05, 0.1) is 48.6 Å². The fraction of sp³-hybridized carbons (Fsp3) is 0.208. The lowest BCUT2D eigenvalue weighted by molar-refractivity contribution is -0.139. The summed E-state index contributed by atoms with van der Waals surface area (Å²) in [6.07, 6.45) is -4.95. The molecule has 194 valence electrons. The third-order valence-corrected chi connectivity index (χ3v) is 5.35. The summed E-state index contributed by atoms with van der Waals surface area (Å²) < 4.78 is 81.0. The van der Waals surface area contributed by atoms with Gasteiger partial charge in [-0.2, -0.15) is 27.2 Å². The summed E-state index contributed by atoms with van der Waals surface area (Å²) in [7, 11) is 1.89. The number of carbonyl (C=O) groups is 2. The molecule has 1 aliphatic heterocycles. The predicted octanol–water partition coefficient (Wildman–Crippen LogP) is 4.20. The topological polar surface area (TPSA) is 115 Å². The van der Waals surface area contributed by atoms with Gasteiger partial charge in [0.15, 0.2) is 0 Å². The number of hydrogen-bond acceptors (Lipinski definition) is 8. The number of nitrogens with zero attached hydrogens (tertiary/aromatic N) is 2. The van der Waals surface area contributed by atoms with Crippen LogP contribution in [0.3, 0.4) is 0 Å². The van der Waals surface area contributed by atoms with E-state index in [0.717, 1.165) is 14.2 Å². The van der Waals surface area contributed by atoms with Crippen LogP contribution in [0.15, 0.2) is 71.2 Å². The number of ether oxygens (including phenoxy) is 3. The zero-order valence-corrected chi connectivity index (χ0v) is 19.2. The quantitative estimate of drug-likeness (QED) is 0.443. The molecule has 8 nitrogen and oxygen atoms in total. The molecule has 0 spiro atoms. The highest BCUT2D eigenvalue weighted by molar-refractivity contribution is 6.06. The minimum Gasteiger partial charge on any atom is -0.466 e. The Bertz CT molecular complexity index is 1320. The van der Waals surface area contributed by atoms with Crippen molar-refractivity contribution in [1.82, 2.24) is 0 Å². The molecule has 0 aliphatic carbocycles. The molecule has 1 atom stereocenters. The van der Waals surface area contributed by atoms with Crippen LogP contribution in [-0.4, -0.2) is 32.8 Å². The summed E-state index contributed by atoms with van der Waals surface area (Å²) in [5.41, 5.74) is 2.74. The first-order valence-electron chi connectivity index (χ1n) is 10.3. The second-order valence-corrected chi connectivity index (χ2v) is 7.39. The highest BCUT2D eigenvalue weighted by Crippen LogP contribution is 2.46. The van der Waals surface area contributed by atoms with Crippen LogP contribution < -0.4 is 15.4 Å². The van der Waals surface area contributed by atoms with Crippen molar-refractivity contribution in [3.05, 3.63) is 82.3 Å². The Hall–Kier alpha value is -4.60. The minimum absolute atomic E-state index is 0.302. The highest BCUT2D eigenvalue weighted by Gasteiger charge is 2.44. The molecular weight excluding hydrogens is 505 g/mol. The molecule has 0 bridgehead atoms. The van der Waals surface area contributed by atoms with E-state index in [0.29, 0.717) is 28.7 Å². The van der Waals surface area contributed by atoms with E-state index in [-0.39, 0.29) is 5.57 Å². The Morgan fingerprint density at radius 2 is 1.68 bits per heavy atom. The molecule has 2 aromatic rings. The third-order valence-electron chi connectivity index (χ3n) is 5.35. The van der Waals surface area contributed by atoms with Gasteiger partial charge in [-0.15, -0.1) is 0 Å². The van der Waals surface area contributed by atoms with Crippen LogP contribution in [0.5, 0.6) is 5.75 Å². The number of nitrogens with two attached hydrogens (primary N) is 1. The molecule has 0 amide bonds. The van der Waals surface area contributed by atoms with Gasteiger partial charge in [0.1, 0.15) is 17.3 Å². The van der Waals surface area contributed by atoms with Gasteiger partial charge < -0.3 is 19.9 Å². The average Bonchev–Trinajstić information content (AvgIpc) is 2.86. The molecule has 37 heavy (non-hydrogen) atoms. The van der Waals surface area contributed by atoms with Gasteiger partial charge in [-0.25, -0.2) is 9.59 Å². The summed E-state index contributed by atoms with van der Waals surface area (Å²) in [4.78, 5) is 26.6. The van der Waals surface area contributed by atoms with E-state index in [4.69, 9.17) is 15.2 Å². The van der Waals surface area contributed by atoms with Crippen LogP contribution in [0.4, 0.5) is 27.6 Å². The first kappa shape index (κ1) is 27.0. The number of allylic oxidation sites excluding steroid dienone is 1. The lowest BCUT2D eigenvalue weighted by Gasteiger charge is -2.36. The maximum absolute atomic E-state index is 13.6. The summed E-state index contributed by atoms with van der Waals surface area (Å²) in [5.74, 6) is -5.19. The average molecular weight is 523 g/mol. The van der Waals surface area contributed by atoms with Gasteiger partial charge in [-0.3, -0.25) is 4.90 Å². The molecule has 0 aromatic heterocycles. The number of anilines is 1. The highest BCUT2D eigenvalue weighted by atomic mass is 19.4. The Balaban J connectivity index is 2.49. The number of hydrogen-bond donors (Lipinski definition) is 1. The lowest BCUT2D eigenvalue weighted by Crippen LogP contribution is -2.41. The van der Waals surface area contributed by atoms with Gasteiger partial charge in [-0.1, -0.05) is 30.3 Å². The maximum Gasteiger partial charge on any atom is 0.416 e. The number of carbonyl (C=O) groups excluding carboxylic acids is 2. The van der Waals surface area contributed by atoms with E-state index in [9.17, 15) is 36.8 Å². The second kappa shape index (κ2) is 10.6. The molecule has 1 unspecified atom stereocenters. The van der Waals surface area contributed by atoms with Gasteiger partial charge in [-0.05, 0) is 23.8 Å². The molecule has 2 N–H and O–H groups in total. The van der Waals surface area contributed by atoms with Crippen molar-refractivity contribution in [2.24, 2.45) is 5.73 Å². The van der Waals surface area contributed by atoms with Crippen molar-refractivity contribution < 1.29 is 45.8 Å². The van der Waals surface area contributed by atoms with Crippen molar-refractivity contribution >= 4 is 17.6 Å². The van der Waals surface area contributed by atoms with Crippen LogP contribution in [0, 0.1) is 11.3 Å². The molecule has 1 aliphatic rings. The minimum atomic E-state index is -4.95. The number of rotatable bonds is 6. The predicted molar refractivity (Wildman–Crippen MR) is 118 cm³/mol. The number of nitriles is 1. The summed E-state index contributed by atoms with van der Waals surface area (Å²) in [6.45, 7) is -3.48. The second-order valence-electron chi connectivity index (χ2n) is 7.39. The molecular formula is C24H18F5N3O5. The third kappa shape index (κ3) is 5.18. The lowest BCUT2D eigenvalue weighted by atomic mass is 9.81. The van der Waals surface area contributed by atoms with Crippen molar-refractivity contribution in [3.63, 3.8) is 0 Å². The SMILES string of the molecule is COC(=O)C1=C(C(=O)OC)N(c2cc(C(F)(F)F)ccc2OC(F)F)C(N)=C(C#N)C1c1ccccc1. The number of esters is 2. The summed E-state index contributed by atoms with van der Waals surface area (Å²) in [5, 5.41) is 9.97. The molecule has 0 saturated carbocycles. The molecule has 0 saturated heterocycles. The number of methoxy groups -OCH3 is 2. The zero-order valence-electron chi connectivity index (χ0n) is 19.2. The van der Waals surface area contributed by atoms with E-state index in [1.807, 2.05) is 0 Å². The fourth-order valence-corrected chi connectivity index (χ4v) is 3.83. The Morgan fingerprint density at radius 3 is 2.19 bits per heavy atom. The molecule has 0 fully saturated rings. The molecule has 1 heterocycles. The monoisotopic (exact) mass is 523 g/mol. The van der Waals surface area contributed by atoms with E-state index in [1.165, 1.54) is 12.1 Å². The maximum atomic E-state index is 13.6.